The summed E-state index contributed by atoms with van der Waals surface area (Å²) in [6.07, 6.45) is 2.96. The van der Waals surface area contributed by atoms with Gasteiger partial charge in [-0.15, -0.1) is 0 Å². The molecular weight excluding hydrogens is 380 g/mol. The minimum Gasteiger partial charge on any atom is -0.480 e. The molecule has 1 aliphatic carbocycles. The van der Waals surface area contributed by atoms with Crippen LogP contribution in [0.4, 0.5) is 11.4 Å². The van der Waals surface area contributed by atoms with Crippen LogP contribution in [0.25, 0.3) is 0 Å². The van der Waals surface area contributed by atoms with E-state index in [1.165, 1.54) is 11.3 Å². The van der Waals surface area contributed by atoms with Gasteiger partial charge in [0.1, 0.15) is 5.54 Å². The zero-order valence-corrected chi connectivity index (χ0v) is 15.5. The van der Waals surface area contributed by atoms with Gasteiger partial charge in [-0.2, -0.15) is 0 Å². The maximum Gasteiger partial charge on any atom is 0.329 e. The Labute approximate surface area is 155 Å². The maximum absolute atomic E-state index is 12.1. The Morgan fingerprint density at radius 1 is 1.08 bits per heavy atom. The first kappa shape index (κ1) is 16.5. The summed E-state index contributed by atoms with van der Waals surface area (Å²) in [4.78, 5) is 12.1. The lowest BCUT2D eigenvalue weighted by atomic mass is 9.65. The molecule has 130 valence electrons. The van der Waals surface area contributed by atoms with E-state index in [0.29, 0.717) is 12.8 Å². The molecule has 0 atom stereocenters. The highest BCUT2D eigenvalue weighted by molar-refractivity contribution is 9.10. The van der Waals surface area contributed by atoms with Crippen LogP contribution in [-0.4, -0.2) is 23.2 Å². The summed E-state index contributed by atoms with van der Waals surface area (Å²) >= 11 is 3.45. The molecule has 25 heavy (non-hydrogen) atoms. The van der Waals surface area contributed by atoms with Crippen molar-refractivity contribution in [3.63, 3.8) is 0 Å². The molecule has 3 N–H and O–H groups in total. The molecule has 0 aromatic heterocycles. The van der Waals surface area contributed by atoms with Crippen LogP contribution in [0.2, 0.25) is 0 Å². The molecule has 0 saturated heterocycles. The van der Waals surface area contributed by atoms with E-state index in [0.717, 1.165) is 29.5 Å². The smallest absolute Gasteiger partial charge is 0.329 e. The Kier molecular flexibility index (Phi) is 3.99. The molecule has 1 spiro atoms. The van der Waals surface area contributed by atoms with Gasteiger partial charge in [0.05, 0.1) is 0 Å². The lowest BCUT2D eigenvalue weighted by molar-refractivity contribution is -0.143. The summed E-state index contributed by atoms with van der Waals surface area (Å²) in [6.45, 7) is 0.902. The normalized spacial score (nSPS) is 27.6. The number of benzene rings is 2. The van der Waals surface area contributed by atoms with Crippen LogP contribution in [0.5, 0.6) is 0 Å². The van der Waals surface area contributed by atoms with Gasteiger partial charge in [0.2, 0.25) is 0 Å². The number of hydrogen-bond donors (Lipinski definition) is 3. The molecule has 2 aromatic carbocycles. The maximum atomic E-state index is 12.1. The van der Waals surface area contributed by atoms with Crippen LogP contribution in [0, 0.1) is 0 Å². The third kappa shape index (κ3) is 2.80. The first-order valence-electron chi connectivity index (χ1n) is 8.64. The molecule has 1 saturated carbocycles. The number of para-hydroxylation sites is 1. The van der Waals surface area contributed by atoms with E-state index in [9.17, 15) is 9.90 Å². The zero-order chi connectivity index (χ0) is 17.5. The van der Waals surface area contributed by atoms with Gasteiger partial charge in [-0.1, -0.05) is 40.2 Å². The van der Waals surface area contributed by atoms with Crippen molar-refractivity contribution in [2.45, 2.75) is 36.6 Å². The first-order valence-corrected chi connectivity index (χ1v) is 9.43. The fourth-order valence-electron chi connectivity index (χ4n) is 4.30. The Morgan fingerprint density at radius 3 is 2.56 bits per heavy atom. The van der Waals surface area contributed by atoms with E-state index in [1.54, 1.807) is 0 Å². The fourth-order valence-corrected chi connectivity index (χ4v) is 4.69. The molecule has 0 radical (unpaired) electrons. The summed E-state index contributed by atoms with van der Waals surface area (Å²) in [6, 6.07) is 16.1. The predicted molar refractivity (Wildman–Crippen MR) is 103 cm³/mol. The van der Waals surface area contributed by atoms with Crippen molar-refractivity contribution in [3.05, 3.63) is 58.6 Å². The Balaban J connectivity index is 1.59. The lowest BCUT2D eigenvalue weighted by Gasteiger charge is -2.43. The number of aliphatic carboxylic acids is 1. The third-order valence-electron chi connectivity index (χ3n) is 5.79. The number of halogens is 1. The number of carbonyl (C=O) groups is 1. The molecule has 1 heterocycles. The molecular formula is C20H21BrN2O2. The van der Waals surface area contributed by atoms with E-state index >= 15 is 0 Å². The fraction of sp³-hybridized carbons (Fsp3) is 0.350. The second kappa shape index (κ2) is 6.06. The predicted octanol–water partition coefficient (Wildman–Crippen LogP) is 4.62. The number of rotatable bonds is 3. The molecule has 2 aromatic rings. The number of carboxylic acids is 1. The first-order chi connectivity index (χ1) is 12.0. The van der Waals surface area contributed by atoms with Crippen LogP contribution in [0.1, 0.15) is 31.2 Å². The zero-order valence-electron chi connectivity index (χ0n) is 13.9. The standard InChI is InChI=1S/C20H21BrN2O2/c21-14-4-3-5-15(12-14)23-20(18(24)25)10-8-19(9-11-20)13-22-17-7-2-1-6-16(17)19/h1-7,12,22-23H,8-11,13H2,(H,24,25). The highest BCUT2D eigenvalue weighted by Gasteiger charge is 2.50. The van der Waals surface area contributed by atoms with E-state index < -0.39 is 11.5 Å². The number of nitrogens with one attached hydrogen (secondary N) is 2. The van der Waals surface area contributed by atoms with Crippen molar-refractivity contribution in [1.82, 2.24) is 0 Å². The number of hydrogen-bond acceptors (Lipinski definition) is 3. The summed E-state index contributed by atoms with van der Waals surface area (Å²) in [5.74, 6) is -0.762. The highest BCUT2D eigenvalue weighted by Crippen LogP contribution is 2.49. The quantitative estimate of drug-likeness (QED) is 0.703. The molecule has 1 fully saturated rings. The van der Waals surface area contributed by atoms with Gasteiger partial charge in [-0.05, 0) is 55.5 Å². The van der Waals surface area contributed by atoms with Gasteiger partial charge in [0, 0.05) is 27.8 Å². The van der Waals surface area contributed by atoms with Crippen molar-refractivity contribution in [3.8, 4) is 0 Å². The van der Waals surface area contributed by atoms with E-state index in [2.05, 4.69) is 44.8 Å². The van der Waals surface area contributed by atoms with Crippen molar-refractivity contribution in [2.75, 3.05) is 17.2 Å². The van der Waals surface area contributed by atoms with Crippen LogP contribution in [0.15, 0.2) is 53.0 Å². The van der Waals surface area contributed by atoms with Crippen molar-refractivity contribution >= 4 is 33.3 Å². The van der Waals surface area contributed by atoms with Crippen LogP contribution >= 0.6 is 15.9 Å². The summed E-state index contributed by atoms with van der Waals surface area (Å²) in [7, 11) is 0. The molecule has 5 heteroatoms. The average molecular weight is 401 g/mol. The van der Waals surface area contributed by atoms with E-state index in [4.69, 9.17) is 0 Å². The SMILES string of the molecule is O=C(O)C1(Nc2cccc(Br)c2)CCC2(CC1)CNc1ccccc12. The van der Waals surface area contributed by atoms with Crippen LogP contribution in [-0.2, 0) is 10.2 Å². The summed E-state index contributed by atoms with van der Waals surface area (Å²) < 4.78 is 0.944. The summed E-state index contributed by atoms with van der Waals surface area (Å²) in [5.41, 5.74) is 2.55. The molecule has 4 rings (SSSR count). The number of fused-ring (bicyclic) bond motifs is 2. The summed E-state index contributed by atoms with van der Waals surface area (Å²) in [5, 5.41) is 16.8. The van der Waals surface area contributed by atoms with Crippen LogP contribution < -0.4 is 10.6 Å². The highest BCUT2D eigenvalue weighted by atomic mass is 79.9. The van der Waals surface area contributed by atoms with Crippen molar-refractivity contribution < 1.29 is 9.90 Å². The Hall–Kier alpha value is -2.01. The molecule has 0 unspecified atom stereocenters. The number of carboxylic acid groups (broad SMARTS) is 1. The second-order valence-corrected chi connectivity index (χ2v) is 8.12. The second-order valence-electron chi connectivity index (χ2n) is 7.20. The van der Waals surface area contributed by atoms with Gasteiger partial charge in [0.25, 0.3) is 0 Å². The third-order valence-corrected chi connectivity index (χ3v) is 6.29. The Morgan fingerprint density at radius 2 is 1.84 bits per heavy atom. The van der Waals surface area contributed by atoms with Gasteiger partial charge >= 0.3 is 5.97 Å². The van der Waals surface area contributed by atoms with Crippen molar-refractivity contribution in [2.24, 2.45) is 0 Å². The van der Waals surface area contributed by atoms with Gasteiger partial charge in [-0.25, -0.2) is 4.79 Å². The topological polar surface area (TPSA) is 61.4 Å². The molecule has 4 nitrogen and oxygen atoms in total. The average Bonchev–Trinajstić information content (AvgIpc) is 2.96. The van der Waals surface area contributed by atoms with Crippen molar-refractivity contribution in [1.29, 1.82) is 0 Å². The molecule has 0 bridgehead atoms. The monoisotopic (exact) mass is 400 g/mol. The van der Waals surface area contributed by atoms with Gasteiger partial charge in [0.15, 0.2) is 0 Å². The van der Waals surface area contributed by atoms with E-state index in [1.807, 2.05) is 30.3 Å². The minimum absolute atomic E-state index is 0.0640. The Bertz CT molecular complexity index is 813. The molecule has 1 aliphatic heterocycles. The minimum atomic E-state index is -0.899. The molecule has 0 amide bonds. The molecule has 2 aliphatic rings. The lowest BCUT2D eigenvalue weighted by Crippen LogP contribution is -2.52. The van der Waals surface area contributed by atoms with Gasteiger partial charge in [-0.3, -0.25) is 0 Å². The van der Waals surface area contributed by atoms with Crippen LogP contribution in [0.3, 0.4) is 0 Å². The number of anilines is 2. The van der Waals surface area contributed by atoms with E-state index in [-0.39, 0.29) is 5.41 Å². The largest absolute Gasteiger partial charge is 0.480 e. The van der Waals surface area contributed by atoms with Gasteiger partial charge < -0.3 is 15.7 Å².